The lowest BCUT2D eigenvalue weighted by Crippen LogP contribution is -2.45. The van der Waals surface area contributed by atoms with E-state index in [0.717, 1.165) is 35.2 Å². The lowest BCUT2D eigenvalue weighted by molar-refractivity contribution is -0.132. The minimum Gasteiger partial charge on any atom is -0.464 e. The molecule has 4 fully saturated rings. The third kappa shape index (κ3) is 4.28. The first-order valence-corrected chi connectivity index (χ1v) is 10.6. The SMILES string of the molecule is COC(=O)C(=NNc1ccc(Cl)cc1)SC#CC12CC3CC(CC(C3)C1)C2. The van der Waals surface area contributed by atoms with Crippen molar-refractivity contribution in [1.82, 2.24) is 0 Å². The van der Waals surface area contributed by atoms with Crippen LogP contribution in [0, 0.1) is 34.3 Å². The Kier molecular flexibility index (Phi) is 5.39. The van der Waals surface area contributed by atoms with E-state index in [2.05, 4.69) is 21.7 Å². The van der Waals surface area contributed by atoms with Crippen LogP contribution in [0.25, 0.3) is 0 Å². The zero-order valence-electron chi connectivity index (χ0n) is 15.3. The van der Waals surface area contributed by atoms with E-state index < -0.39 is 5.97 Å². The maximum Gasteiger partial charge on any atom is 0.366 e. The van der Waals surface area contributed by atoms with E-state index in [0.29, 0.717) is 5.02 Å². The zero-order chi connectivity index (χ0) is 18.9. The molecule has 27 heavy (non-hydrogen) atoms. The molecule has 4 aliphatic rings. The Labute approximate surface area is 169 Å². The molecule has 0 heterocycles. The molecular weight excluding hydrogens is 380 g/mol. The second-order valence-corrected chi connectivity index (χ2v) is 9.29. The van der Waals surface area contributed by atoms with E-state index in [-0.39, 0.29) is 10.5 Å². The van der Waals surface area contributed by atoms with Gasteiger partial charge in [0, 0.05) is 10.4 Å². The highest BCUT2D eigenvalue weighted by atomic mass is 35.5. The summed E-state index contributed by atoms with van der Waals surface area (Å²) in [5.41, 5.74) is 3.78. The molecule has 5 rings (SSSR count). The Balaban J connectivity index is 1.45. The summed E-state index contributed by atoms with van der Waals surface area (Å²) in [5.74, 6) is 5.61. The van der Waals surface area contributed by atoms with E-state index in [1.165, 1.54) is 45.6 Å². The monoisotopic (exact) mass is 402 g/mol. The number of nitrogens with one attached hydrogen (secondary N) is 1. The van der Waals surface area contributed by atoms with E-state index in [4.69, 9.17) is 16.3 Å². The van der Waals surface area contributed by atoms with Crippen LogP contribution in [0.15, 0.2) is 29.4 Å². The molecule has 0 aliphatic heterocycles. The molecule has 4 saturated carbocycles. The molecule has 1 aromatic rings. The van der Waals surface area contributed by atoms with Gasteiger partial charge in [0.15, 0.2) is 0 Å². The molecule has 0 unspecified atom stereocenters. The molecule has 1 aromatic carbocycles. The van der Waals surface area contributed by atoms with Crippen molar-refractivity contribution in [2.45, 2.75) is 38.5 Å². The van der Waals surface area contributed by atoms with Gasteiger partial charge >= 0.3 is 5.97 Å². The molecule has 4 aliphatic carbocycles. The molecule has 0 spiro atoms. The number of esters is 1. The lowest BCUT2D eigenvalue weighted by atomic mass is 9.50. The van der Waals surface area contributed by atoms with Crippen molar-refractivity contribution in [3.05, 3.63) is 29.3 Å². The summed E-state index contributed by atoms with van der Waals surface area (Å²) in [4.78, 5) is 12.0. The lowest BCUT2D eigenvalue weighted by Gasteiger charge is -2.54. The molecule has 4 bridgehead atoms. The van der Waals surface area contributed by atoms with Gasteiger partial charge in [-0.3, -0.25) is 5.43 Å². The van der Waals surface area contributed by atoms with Gasteiger partial charge in [-0.2, -0.15) is 5.10 Å². The smallest absolute Gasteiger partial charge is 0.366 e. The molecule has 4 nitrogen and oxygen atoms in total. The first kappa shape index (κ1) is 18.7. The van der Waals surface area contributed by atoms with Crippen LogP contribution in [0.1, 0.15) is 38.5 Å². The summed E-state index contributed by atoms with van der Waals surface area (Å²) in [6.45, 7) is 0. The van der Waals surface area contributed by atoms with E-state index in [1.54, 1.807) is 24.3 Å². The molecule has 0 atom stereocenters. The maximum absolute atomic E-state index is 12.0. The van der Waals surface area contributed by atoms with Crippen LogP contribution in [0.4, 0.5) is 5.69 Å². The minimum atomic E-state index is -0.485. The van der Waals surface area contributed by atoms with Crippen LogP contribution in [0.3, 0.4) is 0 Å². The number of thioether (sulfide) groups is 1. The Morgan fingerprint density at radius 2 is 1.78 bits per heavy atom. The van der Waals surface area contributed by atoms with Gasteiger partial charge in [0.1, 0.15) is 0 Å². The highest BCUT2D eigenvalue weighted by Gasteiger charge is 2.50. The summed E-state index contributed by atoms with van der Waals surface area (Å²) >= 11 is 7.04. The number of ether oxygens (including phenoxy) is 1. The van der Waals surface area contributed by atoms with Crippen LogP contribution in [-0.4, -0.2) is 18.1 Å². The van der Waals surface area contributed by atoms with Crippen LogP contribution < -0.4 is 5.43 Å². The van der Waals surface area contributed by atoms with Crippen molar-refractivity contribution >= 4 is 40.1 Å². The second kappa shape index (κ2) is 7.77. The molecule has 6 heteroatoms. The molecule has 0 amide bonds. The first-order valence-electron chi connectivity index (χ1n) is 9.42. The largest absolute Gasteiger partial charge is 0.464 e. The Bertz CT molecular complexity index is 774. The maximum atomic E-state index is 12.0. The van der Waals surface area contributed by atoms with Crippen LogP contribution in [-0.2, 0) is 9.53 Å². The van der Waals surface area contributed by atoms with E-state index in [1.807, 2.05) is 0 Å². The van der Waals surface area contributed by atoms with Crippen LogP contribution >= 0.6 is 23.4 Å². The zero-order valence-corrected chi connectivity index (χ0v) is 16.9. The number of carbonyl (C=O) groups is 1. The average molecular weight is 403 g/mol. The third-order valence-electron chi connectivity index (χ3n) is 5.99. The normalized spacial score (nSPS) is 31.2. The van der Waals surface area contributed by atoms with Crippen LogP contribution in [0.5, 0.6) is 0 Å². The van der Waals surface area contributed by atoms with Crippen molar-refractivity contribution < 1.29 is 9.53 Å². The topological polar surface area (TPSA) is 50.7 Å². The predicted octanol–water partition coefficient (Wildman–Crippen LogP) is 5.15. The fourth-order valence-corrected chi connectivity index (χ4v) is 6.03. The first-order chi connectivity index (χ1) is 13.0. The molecule has 0 saturated heterocycles. The summed E-state index contributed by atoms with van der Waals surface area (Å²) in [6.07, 6.45) is 7.86. The van der Waals surface area contributed by atoms with E-state index >= 15 is 0 Å². The summed E-state index contributed by atoms with van der Waals surface area (Å²) in [7, 11) is 1.35. The number of hydrogen-bond donors (Lipinski definition) is 1. The Morgan fingerprint density at radius 3 is 2.33 bits per heavy atom. The fourth-order valence-electron chi connectivity index (χ4n) is 5.28. The van der Waals surface area contributed by atoms with Gasteiger partial charge in [-0.1, -0.05) is 17.5 Å². The number of benzene rings is 1. The molecular formula is C21H23ClN2O2S. The van der Waals surface area contributed by atoms with Gasteiger partial charge in [0.05, 0.1) is 12.8 Å². The minimum absolute atomic E-state index is 0.159. The molecule has 142 valence electrons. The number of hydrogen-bond acceptors (Lipinski definition) is 5. The van der Waals surface area contributed by atoms with Gasteiger partial charge in [-0.25, -0.2) is 4.79 Å². The van der Waals surface area contributed by atoms with Crippen molar-refractivity contribution in [1.29, 1.82) is 0 Å². The van der Waals surface area contributed by atoms with Crippen molar-refractivity contribution in [3.63, 3.8) is 0 Å². The molecule has 0 radical (unpaired) electrons. The quantitative estimate of drug-likeness (QED) is 0.244. The number of hydrazone groups is 1. The number of rotatable bonds is 2. The van der Waals surface area contributed by atoms with Gasteiger partial charge in [0.2, 0.25) is 5.04 Å². The van der Waals surface area contributed by atoms with Gasteiger partial charge in [-0.15, -0.1) is 0 Å². The fraction of sp³-hybridized carbons (Fsp3) is 0.524. The summed E-state index contributed by atoms with van der Waals surface area (Å²) < 4.78 is 4.85. The van der Waals surface area contributed by atoms with Gasteiger partial charge in [-0.05, 0) is 97.6 Å². The molecule has 0 aromatic heterocycles. The van der Waals surface area contributed by atoms with E-state index in [9.17, 15) is 4.79 Å². The van der Waals surface area contributed by atoms with Crippen molar-refractivity contribution in [3.8, 4) is 11.2 Å². The highest BCUT2D eigenvalue weighted by molar-refractivity contribution is 8.19. The van der Waals surface area contributed by atoms with Gasteiger partial charge < -0.3 is 4.74 Å². The predicted molar refractivity (Wildman–Crippen MR) is 110 cm³/mol. The Hall–Kier alpha value is -1.64. The number of halogens is 1. The number of carbonyl (C=O) groups excluding carboxylic acids is 1. The van der Waals surface area contributed by atoms with Crippen molar-refractivity contribution in [2.24, 2.45) is 28.3 Å². The average Bonchev–Trinajstić information content (AvgIpc) is 2.64. The van der Waals surface area contributed by atoms with Gasteiger partial charge in [0.25, 0.3) is 0 Å². The van der Waals surface area contributed by atoms with Crippen molar-refractivity contribution in [2.75, 3.05) is 12.5 Å². The molecule has 1 N–H and O–H groups in total. The number of methoxy groups -OCH3 is 1. The summed E-state index contributed by atoms with van der Waals surface area (Å²) in [6, 6.07) is 7.12. The standard InChI is InChI=1S/C21H23ClN2O2S/c1-26-20(25)19(24-23-18-4-2-17(22)3-5-18)27-7-6-21-11-14-8-15(12-21)10-16(9-14)13-21/h2-5,14-16,23H,8-13H2,1H3. The highest BCUT2D eigenvalue weighted by Crippen LogP contribution is 2.59. The third-order valence-corrected chi connectivity index (χ3v) is 6.90. The van der Waals surface area contributed by atoms with Crippen LogP contribution in [0.2, 0.25) is 5.02 Å². The second-order valence-electron chi connectivity index (χ2n) is 8.05. The number of anilines is 1. The number of nitrogens with zero attached hydrogens (tertiary/aromatic N) is 1. The summed E-state index contributed by atoms with van der Waals surface area (Å²) in [5, 5.41) is 8.22. The Morgan fingerprint density at radius 1 is 1.19 bits per heavy atom.